The zero-order chi connectivity index (χ0) is 20.9. The molecule has 1 amide bonds. The van der Waals surface area contributed by atoms with Crippen LogP contribution in [-0.4, -0.2) is 53.5 Å². The van der Waals surface area contributed by atoms with Crippen molar-refractivity contribution in [3.05, 3.63) is 54.0 Å². The van der Waals surface area contributed by atoms with Crippen molar-refractivity contribution in [2.24, 2.45) is 0 Å². The highest BCUT2D eigenvalue weighted by Gasteiger charge is 2.31. The number of nitrogens with zero attached hydrogens (tertiary/aromatic N) is 4. The van der Waals surface area contributed by atoms with Gasteiger partial charge >= 0.3 is 6.18 Å². The number of hydrogen-bond donors (Lipinski definition) is 1. The number of nitrogens with one attached hydrogen (secondary N) is 1. The minimum Gasteiger partial charge on any atom is -0.355 e. The predicted octanol–water partition coefficient (Wildman–Crippen LogP) is 2.71. The van der Waals surface area contributed by atoms with Crippen LogP contribution in [0.25, 0.3) is 0 Å². The van der Waals surface area contributed by atoms with Gasteiger partial charge in [-0.3, -0.25) is 14.7 Å². The number of alkyl halides is 3. The van der Waals surface area contributed by atoms with Crippen LogP contribution in [0, 0.1) is 0 Å². The molecule has 0 unspecified atom stereocenters. The minimum absolute atomic E-state index is 0.0628. The van der Waals surface area contributed by atoms with Gasteiger partial charge in [0.15, 0.2) is 0 Å². The number of pyridine rings is 2. The number of likely N-dealkylation sites (N-methyl/N-ethyl adjacent to an activating group) is 1. The van der Waals surface area contributed by atoms with Crippen LogP contribution in [0.3, 0.4) is 0 Å². The lowest BCUT2D eigenvalue weighted by Gasteiger charge is -2.34. The van der Waals surface area contributed by atoms with E-state index in [9.17, 15) is 18.0 Å². The Balaban J connectivity index is 1.50. The molecule has 0 aromatic carbocycles. The number of rotatable bonds is 6. The Kier molecular flexibility index (Phi) is 6.68. The lowest BCUT2D eigenvalue weighted by atomic mass is 10.1. The van der Waals surface area contributed by atoms with E-state index in [2.05, 4.69) is 15.3 Å². The fraction of sp³-hybridized carbons (Fsp3) is 0.450. The molecule has 1 N–H and O–H groups in total. The molecule has 2 aromatic rings. The fourth-order valence-electron chi connectivity index (χ4n) is 3.42. The third kappa shape index (κ3) is 6.15. The van der Waals surface area contributed by atoms with Crippen molar-refractivity contribution in [2.75, 3.05) is 31.6 Å². The summed E-state index contributed by atoms with van der Waals surface area (Å²) in [5, 5.41) is 3.03. The van der Waals surface area contributed by atoms with Gasteiger partial charge in [-0.05, 0) is 43.7 Å². The second-order valence-corrected chi connectivity index (χ2v) is 7.29. The van der Waals surface area contributed by atoms with Crippen molar-refractivity contribution in [2.45, 2.75) is 31.6 Å². The van der Waals surface area contributed by atoms with Crippen LogP contribution in [0.4, 0.5) is 19.0 Å². The van der Waals surface area contributed by atoms with Crippen LogP contribution >= 0.6 is 0 Å². The molecule has 3 rings (SSSR count). The van der Waals surface area contributed by atoms with Crippen molar-refractivity contribution in [1.82, 2.24) is 20.2 Å². The maximum Gasteiger partial charge on any atom is 0.417 e. The van der Waals surface area contributed by atoms with Gasteiger partial charge in [-0.1, -0.05) is 6.07 Å². The highest BCUT2D eigenvalue weighted by molar-refractivity contribution is 5.78. The molecule has 0 spiro atoms. The summed E-state index contributed by atoms with van der Waals surface area (Å²) in [5.74, 6) is 0.411. The Morgan fingerprint density at radius 2 is 2.14 bits per heavy atom. The van der Waals surface area contributed by atoms with E-state index in [1.165, 1.54) is 6.07 Å². The predicted molar refractivity (Wildman–Crippen MR) is 103 cm³/mol. The van der Waals surface area contributed by atoms with Gasteiger partial charge < -0.3 is 10.2 Å². The zero-order valence-corrected chi connectivity index (χ0v) is 16.2. The van der Waals surface area contributed by atoms with Gasteiger partial charge in [0.25, 0.3) is 0 Å². The van der Waals surface area contributed by atoms with Crippen LogP contribution in [0.2, 0.25) is 0 Å². The Labute approximate surface area is 167 Å². The van der Waals surface area contributed by atoms with Crippen molar-refractivity contribution in [3.63, 3.8) is 0 Å². The molecule has 1 fully saturated rings. The van der Waals surface area contributed by atoms with Gasteiger partial charge in [0.05, 0.1) is 12.1 Å². The van der Waals surface area contributed by atoms with E-state index >= 15 is 0 Å². The van der Waals surface area contributed by atoms with Crippen LogP contribution < -0.4 is 10.2 Å². The molecular weight excluding hydrogens is 383 g/mol. The molecule has 1 atom stereocenters. The molecule has 0 saturated carbocycles. The standard InChI is InChI=1S/C20H24F3N5O/c1-27(12-15-4-2-8-24-10-15)14-19(29)26-17-5-3-9-28(13-17)18-7-6-16(11-25-18)20(21,22)23/h2,4,6-8,10-11,17H,3,5,9,12-14H2,1H3,(H,26,29)/t17-/m1/s1. The lowest BCUT2D eigenvalue weighted by molar-refractivity contribution is -0.137. The van der Waals surface area contributed by atoms with E-state index in [-0.39, 0.29) is 18.5 Å². The third-order valence-electron chi connectivity index (χ3n) is 4.77. The number of carbonyl (C=O) groups excluding carboxylic acids is 1. The Morgan fingerprint density at radius 1 is 1.31 bits per heavy atom. The monoisotopic (exact) mass is 407 g/mol. The molecule has 9 heteroatoms. The minimum atomic E-state index is -4.40. The van der Waals surface area contributed by atoms with Gasteiger partial charge in [-0.25, -0.2) is 4.98 Å². The Hall–Kier alpha value is -2.68. The summed E-state index contributed by atoms with van der Waals surface area (Å²) >= 11 is 0. The van der Waals surface area contributed by atoms with E-state index < -0.39 is 11.7 Å². The molecule has 1 saturated heterocycles. The Morgan fingerprint density at radius 3 is 2.79 bits per heavy atom. The van der Waals surface area contributed by atoms with Gasteiger partial charge in [0.2, 0.25) is 5.91 Å². The number of halogens is 3. The number of anilines is 1. The average Bonchev–Trinajstić information content (AvgIpc) is 2.68. The summed E-state index contributed by atoms with van der Waals surface area (Å²) in [5.41, 5.74) is 0.264. The molecule has 0 aliphatic carbocycles. The molecule has 156 valence electrons. The number of aromatic nitrogens is 2. The van der Waals surface area contributed by atoms with E-state index in [1.807, 2.05) is 29.0 Å². The number of amides is 1. The zero-order valence-electron chi connectivity index (χ0n) is 16.2. The Bertz CT molecular complexity index is 798. The second-order valence-electron chi connectivity index (χ2n) is 7.29. The van der Waals surface area contributed by atoms with Crippen molar-refractivity contribution < 1.29 is 18.0 Å². The first-order valence-electron chi connectivity index (χ1n) is 9.46. The largest absolute Gasteiger partial charge is 0.417 e. The summed E-state index contributed by atoms with van der Waals surface area (Å²) in [6.45, 7) is 2.10. The SMILES string of the molecule is CN(CC(=O)N[C@@H]1CCCN(c2ccc(C(F)(F)F)cn2)C1)Cc1cccnc1. The van der Waals surface area contributed by atoms with Crippen molar-refractivity contribution >= 4 is 11.7 Å². The van der Waals surface area contributed by atoms with Crippen molar-refractivity contribution in [1.29, 1.82) is 0 Å². The first-order valence-corrected chi connectivity index (χ1v) is 9.46. The van der Waals surface area contributed by atoms with Crippen LogP contribution in [0.1, 0.15) is 24.0 Å². The quantitative estimate of drug-likeness (QED) is 0.798. The van der Waals surface area contributed by atoms with E-state index in [1.54, 1.807) is 12.4 Å². The van der Waals surface area contributed by atoms with Gasteiger partial charge in [-0.2, -0.15) is 13.2 Å². The topological polar surface area (TPSA) is 61.4 Å². The molecule has 2 aromatic heterocycles. The molecule has 1 aliphatic heterocycles. The van der Waals surface area contributed by atoms with Gasteiger partial charge in [0.1, 0.15) is 5.82 Å². The normalized spacial score (nSPS) is 17.4. The first-order chi connectivity index (χ1) is 13.8. The van der Waals surface area contributed by atoms with Crippen LogP contribution in [0.15, 0.2) is 42.9 Å². The van der Waals surface area contributed by atoms with E-state index in [0.29, 0.717) is 25.5 Å². The summed E-state index contributed by atoms with van der Waals surface area (Å²) in [7, 11) is 1.87. The highest BCUT2D eigenvalue weighted by atomic mass is 19.4. The lowest BCUT2D eigenvalue weighted by Crippen LogP contribution is -2.50. The van der Waals surface area contributed by atoms with Crippen LogP contribution in [-0.2, 0) is 17.5 Å². The number of carbonyl (C=O) groups is 1. The molecule has 3 heterocycles. The van der Waals surface area contributed by atoms with E-state index in [4.69, 9.17) is 0 Å². The first kappa shape index (κ1) is 21.0. The second kappa shape index (κ2) is 9.21. The smallest absolute Gasteiger partial charge is 0.355 e. The molecule has 0 bridgehead atoms. The number of piperidine rings is 1. The summed E-state index contributed by atoms with van der Waals surface area (Å²) in [4.78, 5) is 24.2. The maximum atomic E-state index is 12.7. The van der Waals surface area contributed by atoms with Crippen LogP contribution in [0.5, 0.6) is 0 Å². The van der Waals surface area contributed by atoms with Gasteiger partial charge in [0, 0.05) is 44.3 Å². The molecule has 1 aliphatic rings. The molecule has 6 nitrogen and oxygen atoms in total. The molecule has 29 heavy (non-hydrogen) atoms. The summed E-state index contributed by atoms with van der Waals surface area (Å²) < 4.78 is 38.1. The van der Waals surface area contributed by atoms with Gasteiger partial charge in [-0.15, -0.1) is 0 Å². The summed E-state index contributed by atoms with van der Waals surface area (Å²) in [6, 6.07) is 6.17. The van der Waals surface area contributed by atoms with E-state index in [0.717, 1.165) is 30.7 Å². The summed E-state index contributed by atoms with van der Waals surface area (Å²) in [6.07, 6.45) is 1.59. The fourth-order valence-corrected chi connectivity index (χ4v) is 3.42. The average molecular weight is 407 g/mol. The molecular formula is C20H24F3N5O. The third-order valence-corrected chi connectivity index (χ3v) is 4.77. The molecule has 0 radical (unpaired) electrons. The highest BCUT2D eigenvalue weighted by Crippen LogP contribution is 2.29. The maximum absolute atomic E-state index is 12.7. The number of hydrogen-bond acceptors (Lipinski definition) is 5. The van der Waals surface area contributed by atoms with Crippen molar-refractivity contribution in [3.8, 4) is 0 Å².